The standard InChI is InChI=1S/C21H21ClN2O/c1-2-16-7-9-18(10-8-16)24-13-14-25-21(24)17-11-12-23(15-17)20-6-4-3-5-19(20)22/h3-12,15,21H,2,13-14H2,1H3/t21-/m1/s1. The molecule has 0 radical (unpaired) electrons. The average Bonchev–Trinajstić information content (AvgIpc) is 3.31. The molecule has 0 bridgehead atoms. The molecular formula is C21H21ClN2O. The molecule has 2 aromatic carbocycles. The molecule has 0 aliphatic carbocycles. The van der Waals surface area contributed by atoms with Gasteiger partial charge in [-0.2, -0.15) is 0 Å². The molecule has 1 aliphatic heterocycles. The highest BCUT2D eigenvalue weighted by Gasteiger charge is 2.28. The maximum atomic E-state index is 6.32. The van der Waals surface area contributed by atoms with Crippen molar-refractivity contribution in [1.82, 2.24) is 4.57 Å². The number of halogens is 1. The van der Waals surface area contributed by atoms with E-state index in [1.165, 1.54) is 11.3 Å². The van der Waals surface area contributed by atoms with Crippen molar-refractivity contribution in [3.63, 3.8) is 0 Å². The van der Waals surface area contributed by atoms with Gasteiger partial charge in [0.25, 0.3) is 0 Å². The molecule has 1 aromatic heterocycles. The van der Waals surface area contributed by atoms with Gasteiger partial charge in [0.05, 0.1) is 17.3 Å². The maximum Gasteiger partial charge on any atom is 0.158 e. The summed E-state index contributed by atoms with van der Waals surface area (Å²) in [7, 11) is 0. The fraction of sp³-hybridized carbons (Fsp3) is 0.238. The second kappa shape index (κ2) is 6.95. The van der Waals surface area contributed by atoms with Crippen LogP contribution in [0.1, 0.15) is 24.3 Å². The number of nitrogens with zero attached hydrogens (tertiary/aromatic N) is 2. The van der Waals surface area contributed by atoms with Gasteiger partial charge in [0, 0.05) is 30.2 Å². The molecule has 128 valence electrons. The summed E-state index contributed by atoms with van der Waals surface area (Å²) in [4.78, 5) is 2.31. The largest absolute Gasteiger partial charge is 0.352 e. The van der Waals surface area contributed by atoms with E-state index in [1.807, 2.05) is 30.5 Å². The molecule has 0 spiro atoms. The van der Waals surface area contributed by atoms with Crippen LogP contribution in [0, 0.1) is 0 Å². The van der Waals surface area contributed by atoms with Crippen LogP contribution in [0.5, 0.6) is 0 Å². The molecule has 1 aliphatic rings. The molecule has 0 unspecified atom stereocenters. The van der Waals surface area contributed by atoms with Crippen LogP contribution in [0.15, 0.2) is 67.0 Å². The van der Waals surface area contributed by atoms with Crippen molar-refractivity contribution >= 4 is 17.3 Å². The smallest absolute Gasteiger partial charge is 0.158 e. The minimum absolute atomic E-state index is 0.0591. The number of hydrogen-bond donors (Lipinski definition) is 0. The molecule has 2 heterocycles. The van der Waals surface area contributed by atoms with E-state index in [2.05, 4.69) is 52.9 Å². The lowest BCUT2D eigenvalue weighted by molar-refractivity contribution is 0.114. The van der Waals surface area contributed by atoms with Crippen LogP contribution in [-0.2, 0) is 11.2 Å². The van der Waals surface area contributed by atoms with E-state index in [-0.39, 0.29) is 6.23 Å². The Labute approximate surface area is 153 Å². The minimum atomic E-state index is -0.0591. The normalized spacial score (nSPS) is 17.2. The lowest BCUT2D eigenvalue weighted by Gasteiger charge is -2.24. The van der Waals surface area contributed by atoms with Gasteiger partial charge in [0.15, 0.2) is 6.23 Å². The maximum absolute atomic E-state index is 6.32. The summed E-state index contributed by atoms with van der Waals surface area (Å²) < 4.78 is 8.07. The molecular weight excluding hydrogens is 332 g/mol. The van der Waals surface area contributed by atoms with E-state index in [9.17, 15) is 0 Å². The second-order valence-corrected chi connectivity index (χ2v) is 6.65. The number of aryl methyl sites for hydroxylation is 1. The summed E-state index contributed by atoms with van der Waals surface area (Å²) in [6.45, 7) is 3.80. The van der Waals surface area contributed by atoms with Crippen LogP contribution in [0.25, 0.3) is 5.69 Å². The third-order valence-corrected chi connectivity index (χ3v) is 5.02. The third kappa shape index (κ3) is 3.17. The zero-order valence-corrected chi connectivity index (χ0v) is 15.0. The number of rotatable bonds is 4. The van der Waals surface area contributed by atoms with Gasteiger partial charge in [0.1, 0.15) is 0 Å². The van der Waals surface area contributed by atoms with E-state index in [1.54, 1.807) is 0 Å². The molecule has 1 saturated heterocycles. The SMILES string of the molecule is CCc1ccc(N2CCO[C@@H]2c2ccn(-c3ccccc3Cl)c2)cc1. The van der Waals surface area contributed by atoms with Crippen molar-refractivity contribution < 1.29 is 4.74 Å². The number of ether oxygens (including phenoxy) is 1. The number of hydrogen-bond acceptors (Lipinski definition) is 2. The Bertz CT molecular complexity index is 856. The first kappa shape index (κ1) is 16.2. The van der Waals surface area contributed by atoms with Crippen LogP contribution in [0.2, 0.25) is 5.02 Å². The Balaban J connectivity index is 1.61. The van der Waals surface area contributed by atoms with Crippen molar-refractivity contribution in [1.29, 1.82) is 0 Å². The highest BCUT2D eigenvalue weighted by Crippen LogP contribution is 2.33. The predicted octanol–water partition coefficient (Wildman–Crippen LogP) is 5.23. The van der Waals surface area contributed by atoms with E-state index in [0.29, 0.717) is 0 Å². The summed E-state index contributed by atoms with van der Waals surface area (Å²) in [5, 5.41) is 0.740. The van der Waals surface area contributed by atoms with E-state index < -0.39 is 0 Å². The highest BCUT2D eigenvalue weighted by atomic mass is 35.5. The summed E-state index contributed by atoms with van der Waals surface area (Å²) >= 11 is 6.32. The number of para-hydroxylation sites is 1. The quantitative estimate of drug-likeness (QED) is 0.639. The topological polar surface area (TPSA) is 17.4 Å². The zero-order chi connectivity index (χ0) is 17.2. The van der Waals surface area contributed by atoms with E-state index in [4.69, 9.17) is 16.3 Å². The van der Waals surface area contributed by atoms with Crippen molar-refractivity contribution in [3.05, 3.63) is 83.1 Å². The number of aromatic nitrogens is 1. The van der Waals surface area contributed by atoms with Gasteiger partial charge >= 0.3 is 0 Å². The lowest BCUT2D eigenvalue weighted by Crippen LogP contribution is -2.22. The van der Waals surface area contributed by atoms with Crippen LogP contribution < -0.4 is 4.90 Å². The predicted molar refractivity (Wildman–Crippen MR) is 103 cm³/mol. The first-order chi connectivity index (χ1) is 12.3. The van der Waals surface area contributed by atoms with Crippen molar-refractivity contribution in [2.75, 3.05) is 18.1 Å². The molecule has 0 N–H and O–H groups in total. The summed E-state index contributed by atoms with van der Waals surface area (Å²) in [5.74, 6) is 0. The van der Waals surface area contributed by atoms with Crippen molar-refractivity contribution in [3.8, 4) is 5.69 Å². The van der Waals surface area contributed by atoms with E-state index >= 15 is 0 Å². The molecule has 3 aromatic rings. The van der Waals surface area contributed by atoms with Gasteiger partial charge in [0.2, 0.25) is 0 Å². The monoisotopic (exact) mass is 352 g/mol. The summed E-state index contributed by atoms with van der Waals surface area (Å²) in [5.41, 5.74) is 4.67. The van der Waals surface area contributed by atoms with Crippen molar-refractivity contribution in [2.45, 2.75) is 19.6 Å². The van der Waals surface area contributed by atoms with Gasteiger partial charge in [-0.25, -0.2) is 0 Å². The van der Waals surface area contributed by atoms with Crippen LogP contribution >= 0.6 is 11.6 Å². The Morgan fingerprint density at radius 3 is 2.64 bits per heavy atom. The molecule has 0 saturated carbocycles. The number of benzene rings is 2. The average molecular weight is 353 g/mol. The summed E-state index contributed by atoms with van der Waals surface area (Å²) in [6, 6.07) is 18.7. The fourth-order valence-electron chi connectivity index (χ4n) is 3.30. The van der Waals surface area contributed by atoms with Crippen LogP contribution in [0.4, 0.5) is 5.69 Å². The van der Waals surface area contributed by atoms with Gasteiger partial charge in [-0.05, 0) is 42.3 Å². The third-order valence-electron chi connectivity index (χ3n) is 4.70. The molecule has 0 amide bonds. The Hall–Kier alpha value is -2.23. The Morgan fingerprint density at radius 2 is 1.88 bits per heavy atom. The van der Waals surface area contributed by atoms with Gasteiger partial charge in [-0.1, -0.05) is 42.8 Å². The molecule has 3 nitrogen and oxygen atoms in total. The van der Waals surface area contributed by atoms with E-state index in [0.717, 1.165) is 35.8 Å². The van der Waals surface area contributed by atoms with Gasteiger partial charge in [-0.15, -0.1) is 0 Å². The lowest BCUT2D eigenvalue weighted by atomic mass is 10.1. The van der Waals surface area contributed by atoms with Crippen LogP contribution in [0.3, 0.4) is 0 Å². The molecule has 4 heteroatoms. The molecule has 4 rings (SSSR count). The first-order valence-corrected chi connectivity index (χ1v) is 9.04. The summed E-state index contributed by atoms with van der Waals surface area (Å²) in [6.07, 6.45) is 5.14. The highest BCUT2D eigenvalue weighted by molar-refractivity contribution is 6.32. The second-order valence-electron chi connectivity index (χ2n) is 6.24. The van der Waals surface area contributed by atoms with Crippen molar-refractivity contribution in [2.24, 2.45) is 0 Å². The molecule has 1 fully saturated rings. The van der Waals surface area contributed by atoms with Crippen LogP contribution in [-0.4, -0.2) is 17.7 Å². The fourth-order valence-corrected chi connectivity index (χ4v) is 3.54. The number of anilines is 1. The minimum Gasteiger partial charge on any atom is -0.352 e. The molecule has 1 atom stereocenters. The zero-order valence-electron chi connectivity index (χ0n) is 14.2. The Kier molecular flexibility index (Phi) is 4.51. The van der Waals surface area contributed by atoms with Gasteiger partial charge < -0.3 is 14.2 Å². The van der Waals surface area contributed by atoms with Gasteiger partial charge in [-0.3, -0.25) is 0 Å². The molecule has 25 heavy (non-hydrogen) atoms. The first-order valence-electron chi connectivity index (χ1n) is 8.66. The Morgan fingerprint density at radius 1 is 1.08 bits per heavy atom.